The molecule has 0 saturated carbocycles. The third-order valence-electron chi connectivity index (χ3n) is 3.85. The number of nitrogens with zero attached hydrogens (tertiary/aromatic N) is 2. The molecule has 0 unspecified atom stereocenters. The number of hydrazone groups is 1. The first kappa shape index (κ1) is 21.7. The van der Waals surface area contributed by atoms with E-state index in [0.29, 0.717) is 24.5 Å². The fourth-order valence-corrected chi connectivity index (χ4v) is 2.92. The Morgan fingerprint density at radius 1 is 1.07 bits per heavy atom. The van der Waals surface area contributed by atoms with Crippen molar-refractivity contribution in [3.05, 3.63) is 82.6 Å². The Morgan fingerprint density at radius 2 is 1.82 bits per heavy atom. The van der Waals surface area contributed by atoms with E-state index >= 15 is 0 Å². The molecule has 2 aromatic carbocycles. The van der Waals surface area contributed by atoms with Crippen molar-refractivity contribution >= 4 is 40.2 Å². The third-order valence-corrected chi connectivity index (χ3v) is 4.58. The standard InChI is InChI=1S/C21H20BrN3O2.ClH/c1-26-20-13-17(7-12-24-25-18-8-10-23-11-9-18)19(22)14-21(20)27-15-16-5-3-2-4-6-16;/h2-6,8-14H,7,15H2,1H3,(H,23,25);1H/b24-12+;. The fraction of sp³-hybridized carbons (Fsp3) is 0.143. The number of hydrogen-bond donors (Lipinski definition) is 1. The first-order valence-corrected chi connectivity index (χ1v) is 9.26. The van der Waals surface area contributed by atoms with Crippen LogP contribution in [0.4, 0.5) is 5.69 Å². The van der Waals surface area contributed by atoms with Crippen LogP contribution in [0.1, 0.15) is 11.1 Å². The van der Waals surface area contributed by atoms with Crippen molar-refractivity contribution in [3.8, 4) is 11.5 Å². The minimum atomic E-state index is 0. The predicted octanol–water partition coefficient (Wildman–Crippen LogP) is 5.49. The molecule has 5 nitrogen and oxygen atoms in total. The van der Waals surface area contributed by atoms with E-state index in [-0.39, 0.29) is 12.4 Å². The molecule has 1 aromatic heterocycles. The Hall–Kier alpha value is -2.57. The van der Waals surface area contributed by atoms with Gasteiger partial charge in [0.1, 0.15) is 6.61 Å². The number of rotatable bonds is 8. The Bertz CT molecular complexity index is 893. The highest BCUT2D eigenvalue weighted by Crippen LogP contribution is 2.34. The molecule has 146 valence electrons. The Kier molecular flexibility index (Phi) is 8.78. The molecule has 0 aliphatic heterocycles. The van der Waals surface area contributed by atoms with Crippen LogP contribution in [0, 0.1) is 0 Å². The maximum Gasteiger partial charge on any atom is 0.162 e. The van der Waals surface area contributed by atoms with Crippen LogP contribution in [0.5, 0.6) is 11.5 Å². The monoisotopic (exact) mass is 461 g/mol. The fourth-order valence-electron chi connectivity index (χ4n) is 2.43. The number of methoxy groups -OCH3 is 1. The number of halogens is 2. The van der Waals surface area contributed by atoms with Gasteiger partial charge in [0.05, 0.1) is 12.8 Å². The molecule has 7 heteroatoms. The van der Waals surface area contributed by atoms with Gasteiger partial charge in [0, 0.05) is 29.5 Å². The second kappa shape index (κ2) is 11.3. The van der Waals surface area contributed by atoms with E-state index in [4.69, 9.17) is 9.47 Å². The summed E-state index contributed by atoms with van der Waals surface area (Å²) in [5.74, 6) is 1.39. The number of aromatic nitrogens is 1. The molecular formula is C21H21BrClN3O2. The predicted molar refractivity (Wildman–Crippen MR) is 119 cm³/mol. The summed E-state index contributed by atoms with van der Waals surface area (Å²) in [5.41, 5.74) is 6.02. The molecule has 0 spiro atoms. The van der Waals surface area contributed by atoms with E-state index in [1.165, 1.54) is 0 Å². The summed E-state index contributed by atoms with van der Waals surface area (Å²) in [6.07, 6.45) is 5.89. The lowest BCUT2D eigenvalue weighted by Crippen LogP contribution is -2.00. The van der Waals surface area contributed by atoms with Crippen LogP contribution in [0.15, 0.2) is 76.6 Å². The van der Waals surface area contributed by atoms with Crippen LogP contribution in [-0.4, -0.2) is 18.3 Å². The molecule has 28 heavy (non-hydrogen) atoms. The largest absolute Gasteiger partial charge is 0.493 e. The summed E-state index contributed by atoms with van der Waals surface area (Å²) < 4.78 is 12.4. The van der Waals surface area contributed by atoms with Crippen molar-refractivity contribution in [1.82, 2.24) is 4.98 Å². The van der Waals surface area contributed by atoms with Crippen molar-refractivity contribution in [2.45, 2.75) is 13.0 Å². The minimum absolute atomic E-state index is 0. The van der Waals surface area contributed by atoms with Crippen molar-refractivity contribution in [2.75, 3.05) is 12.5 Å². The van der Waals surface area contributed by atoms with Gasteiger partial charge in [-0.2, -0.15) is 5.10 Å². The lowest BCUT2D eigenvalue weighted by Gasteiger charge is -2.13. The van der Waals surface area contributed by atoms with Crippen molar-refractivity contribution in [2.24, 2.45) is 5.10 Å². The molecule has 0 amide bonds. The molecule has 3 aromatic rings. The highest BCUT2D eigenvalue weighted by atomic mass is 79.9. The Morgan fingerprint density at radius 3 is 2.54 bits per heavy atom. The second-order valence-corrected chi connectivity index (χ2v) is 6.59. The Labute approximate surface area is 179 Å². The van der Waals surface area contributed by atoms with Gasteiger partial charge in [-0.1, -0.05) is 46.3 Å². The smallest absolute Gasteiger partial charge is 0.162 e. The van der Waals surface area contributed by atoms with Gasteiger partial charge in [-0.05, 0) is 35.4 Å². The van der Waals surface area contributed by atoms with Gasteiger partial charge >= 0.3 is 0 Å². The zero-order valence-electron chi connectivity index (χ0n) is 15.3. The first-order chi connectivity index (χ1) is 13.3. The average molecular weight is 463 g/mol. The molecular weight excluding hydrogens is 442 g/mol. The van der Waals surface area contributed by atoms with Gasteiger partial charge in [0.2, 0.25) is 0 Å². The van der Waals surface area contributed by atoms with Gasteiger partial charge in [-0.3, -0.25) is 10.4 Å². The molecule has 0 aliphatic rings. The molecule has 0 atom stereocenters. The van der Waals surface area contributed by atoms with Crippen molar-refractivity contribution in [3.63, 3.8) is 0 Å². The van der Waals surface area contributed by atoms with E-state index in [0.717, 1.165) is 21.3 Å². The van der Waals surface area contributed by atoms with E-state index in [9.17, 15) is 0 Å². The van der Waals surface area contributed by atoms with Crippen LogP contribution >= 0.6 is 28.3 Å². The zero-order chi connectivity index (χ0) is 18.9. The molecule has 0 saturated heterocycles. The van der Waals surface area contributed by atoms with E-state index in [2.05, 4.69) is 31.4 Å². The third kappa shape index (κ3) is 6.25. The molecule has 0 aliphatic carbocycles. The van der Waals surface area contributed by atoms with Gasteiger partial charge in [-0.25, -0.2) is 0 Å². The van der Waals surface area contributed by atoms with Crippen molar-refractivity contribution in [1.29, 1.82) is 0 Å². The highest BCUT2D eigenvalue weighted by molar-refractivity contribution is 9.10. The van der Waals surface area contributed by atoms with Gasteiger partial charge in [-0.15, -0.1) is 12.4 Å². The zero-order valence-corrected chi connectivity index (χ0v) is 17.7. The normalized spacial score (nSPS) is 10.4. The molecule has 0 bridgehead atoms. The number of nitrogens with one attached hydrogen (secondary N) is 1. The lowest BCUT2D eigenvalue weighted by atomic mass is 10.1. The minimum Gasteiger partial charge on any atom is -0.493 e. The average Bonchev–Trinajstić information content (AvgIpc) is 2.72. The lowest BCUT2D eigenvalue weighted by molar-refractivity contribution is 0.284. The summed E-state index contributed by atoms with van der Waals surface area (Å²) in [7, 11) is 1.64. The van der Waals surface area contributed by atoms with Crippen LogP contribution in [0.2, 0.25) is 0 Å². The first-order valence-electron chi connectivity index (χ1n) is 8.47. The maximum absolute atomic E-state index is 5.93. The molecule has 0 radical (unpaired) electrons. The summed E-state index contributed by atoms with van der Waals surface area (Å²) in [6, 6.07) is 17.6. The summed E-state index contributed by atoms with van der Waals surface area (Å²) in [6.45, 7) is 0.486. The summed E-state index contributed by atoms with van der Waals surface area (Å²) >= 11 is 3.61. The number of benzene rings is 2. The topological polar surface area (TPSA) is 55.7 Å². The van der Waals surface area contributed by atoms with Crippen LogP contribution < -0.4 is 14.9 Å². The molecule has 1 N–H and O–H groups in total. The second-order valence-electron chi connectivity index (χ2n) is 5.73. The van der Waals surface area contributed by atoms with Gasteiger partial charge < -0.3 is 9.47 Å². The number of pyridine rings is 1. The van der Waals surface area contributed by atoms with Gasteiger partial charge in [0.25, 0.3) is 0 Å². The Balaban J connectivity index is 0.00000280. The van der Waals surface area contributed by atoms with Crippen LogP contribution in [-0.2, 0) is 13.0 Å². The molecule has 0 fully saturated rings. The number of hydrogen-bond acceptors (Lipinski definition) is 5. The highest BCUT2D eigenvalue weighted by Gasteiger charge is 2.10. The summed E-state index contributed by atoms with van der Waals surface area (Å²) in [4.78, 5) is 3.97. The SMILES string of the molecule is COc1cc(C/C=N/Nc2ccncc2)c(Br)cc1OCc1ccccc1.Cl. The van der Waals surface area contributed by atoms with Gasteiger partial charge in [0.15, 0.2) is 11.5 Å². The molecule has 3 rings (SSSR count). The number of anilines is 1. The summed E-state index contributed by atoms with van der Waals surface area (Å²) in [5, 5.41) is 4.24. The molecule has 1 heterocycles. The van der Waals surface area contributed by atoms with Crippen molar-refractivity contribution < 1.29 is 9.47 Å². The number of ether oxygens (including phenoxy) is 2. The van der Waals surface area contributed by atoms with E-state index < -0.39 is 0 Å². The quantitative estimate of drug-likeness (QED) is 0.355. The van der Waals surface area contributed by atoms with Crippen LogP contribution in [0.3, 0.4) is 0 Å². The van der Waals surface area contributed by atoms with E-state index in [1.807, 2.05) is 60.8 Å². The maximum atomic E-state index is 5.93. The van der Waals surface area contributed by atoms with Crippen LogP contribution in [0.25, 0.3) is 0 Å². The van der Waals surface area contributed by atoms with E-state index in [1.54, 1.807) is 19.5 Å².